The lowest BCUT2D eigenvalue weighted by Crippen LogP contribution is -2.08. The van der Waals surface area contributed by atoms with Gasteiger partial charge < -0.3 is 9.73 Å². The predicted octanol–water partition coefficient (Wildman–Crippen LogP) is 3.80. The molecule has 0 saturated heterocycles. The topological polar surface area (TPSA) is 68.2 Å². The molecule has 0 spiro atoms. The third-order valence-electron chi connectivity index (χ3n) is 3.60. The third-order valence-corrected chi connectivity index (χ3v) is 4.03. The molecule has 0 aliphatic heterocycles. The van der Waals surface area contributed by atoms with Gasteiger partial charge in [-0.2, -0.15) is 4.52 Å². The highest BCUT2D eigenvalue weighted by molar-refractivity contribution is 9.10. The van der Waals surface area contributed by atoms with Crippen LogP contribution < -0.4 is 5.32 Å². The molecule has 0 aliphatic carbocycles. The molecule has 0 aliphatic rings. The molecule has 0 atom stereocenters. The van der Waals surface area contributed by atoms with Crippen molar-refractivity contribution in [2.75, 3.05) is 11.9 Å². The number of aromatic nitrogens is 4. The highest BCUT2D eigenvalue weighted by Gasteiger charge is 2.09. The predicted molar refractivity (Wildman–Crippen MR) is 94.8 cm³/mol. The molecule has 4 rings (SSSR count). The van der Waals surface area contributed by atoms with E-state index in [9.17, 15) is 0 Å². The van der Waals surface area contributed by atoms with Gasteiger partial charge in [0.1, 0.15) is 11.6 Å². The minimum Gasteiger partial charge on any atom is -0.454 e. The van der Waals surface area contributed by atoms with Gasteiger partial charge in [-0.1, -0.05) is 30.3 Å². The Bertz CT molecular complexity index is 963. The normalized spacial score (nSPS) is 11.0. The molecule has 3 aromatic heterocycles. The minimum atomic E-state index is 0.717. The Balaban J connectivity index is 1.54. The van der Waals surface area contributed by atoms with E-state index in [1.807, 2.05) is 54.6 Å². The van der Waals surface area contributed by atoms with Gasteiger partial charge >= 0.3 is 0 Å². The van der Waals surface area contributed by atoms with Crippen molar-refractivity contribution in [3.8, 4) is 11.4 Å². The number of fused-ring (bicyclic) bond motifs is 1. The quantitative estimate of drug-likeness (QED) is 0.567. The van der Waals surface area contributed by atoms with Gasteiger partial charge in [0, 0.05) is 18.5 Å². The van der Waals surface area contributed by atoms with Crippen LogP contribution in [0.3, 0.4) is 0 Å². The van der Waals surface area contributed by atoms with Crippen LogP contribution in [0.2, 0.25) is 0 Å². The van der Waals surface area contributed by atoms with Crippen LogP contribution in [0.1, 0.15) is 5.76 Å². The summed E-state index contributed by atoms with van der Waals surface area (Å²) >= 11 is 3.31. The lowest BCUT2D eigenvalue weighted by atomic mass is 10.2. The number of furan rings is 1. The van der Waals surface area contributed by atoms with Gasteiger partial charge in [0.15, 0.2) is 16.1 Å². The zero-order valence-corrected chi connectivity index (χ0v) is 14.3. The SMILES string of the molecule is Brc1ccc(CCNc2ccc3nnc(-c4ccccc4)n3n2)o1. The van der Waals surface area contributed by atoms with Gasteiger partial charge in [-0.3, -0.25) is 0 Å². The van der Waals surface area contributed by atoms with Gasteiger partial charge in [0.05, 0.1) is 0 Å². The summed E-state index contributed by atoms with van der Waals surface area (Å²) in [5.41, 5.74) is 1.70. The number of hydrogen-bond acceptors (Lipinski definition) is 5. The fraction of sp³-hybridized carbons (Fsp3) is 0.118. The van der Waals surface area contributed by atoms with Crippen LogP contribution >= 0.6 is 15.9 Å². The fourth-order valence-corrected chi connectivity index (χ4v) is 2.79. The molecule has 0 unspecified atom stereocenters. The second kappa shape index (κ2) is 6.45. The summed E-state index contributed by atoms with van der Waals surface area (Å²) in [6.07, 6.45) is 0.777. The summed E-state index contributed by atoms with van der Waals surface area (Å²) < 4.78 is 7.98. The maximum atomic E-state index is 5.49. The first-order valence-corrected chi connectivity index (χ1v) is 8.35. The smallest absolute Gasteiger partial charge is 0.185 e. The molecule has 0 amide bonds. The molecule has 6 nitrogen and oxygen atoms in total. The number of benzene rings is 1. The first-order chi connectivity index (χ1) is 11.8. The zero-order chi connectivity index (χ0) is 16.4. The summed E-state index contributed by atoms with van der Waals surface area (Å²) in [5.74, 6) is 2.42. The van der Waals surface area contributed by atoms with E-state index < -0.39 is 0 Å². The lowest BCUT2D eigenvalue weighted by molar-refractivity contribution is 0.491. The standard InChI is InChI=1S/C17H14BrN5O/c18-14-7-6-13(24-14)10-11-19-15-8-9-16-20-21-17(23(16)22-15)12-4-2-1-3-5-12/h1-9H,10-11H2,(H,19,22). The second-order valence-corrected chi connectivity index (χ2v) is 6.04. The highest BCUT2D eigenvalue weighted by atomic mass is 79.9. The largest absolute Gasteiger partial charge is 0.454 e. The maximum absolute atomic E-state index is 5.49. The van der Waals surface area contributed by atoms with E-state index in [0.29, 0.717) is 0 Å². The zero-order valence-electron chi connectivity index (χ0n) is 12.7. The number of hydrogen-bond donors (Lipinski definition) is 1. The van der Waals surface area contributed by atoms with Crippen molar-refractivity contribution in [2.24, 2.45) is 0 Å². The number of rotatable bonds is 5. The van der Waals surface area contributed by atoms with Crippen molar-refractivity contribution in [2.45, 2.75) is 6.42 Å². The van der Waals surface area contributed by atoms with Crippen LogP contribution in [-0.4, -0.2) is 26.4 Å². The Morgan fingerprint density at radius 3 is 2.67 bits per heavy atom. The van der Waals surface area contributed by atoms with E-state index in [4.69, 9.17) is 4.42 Å². The molecular weight excluding hydrogens is 370 g/mol. The second-order valence-electron chi connectivity index (χ2n) is 5.26. The van der Waals surface area contributed by atoms with Crippen molar-refractivity contribution >= 4 is 27.4 Å². The van der Waals surface area contributed by atoms with Crippen LogP contribution in [-0.2, 0) is 6.42 Å². The molecule has 4 aromatic rings. The highest BCUT2D eigenvalue weighted by Crippen LogP contribution is 2.18. The van der Waals surface area contributed by atoms with E-state index in [-0.39, 0.29) is 0 Å². The third kappa shape index (κ3) is 3.03. The molecule has 120 valence electrons. The Morgan fingerprint density at radius 1 is 1.00 bits per heavy atom. The van der Waals surface area contributed by atoms with E-state index in [1.54, 1.807) is 4.52 Å². The van der Waals surface area contributed by atoms with E-state index >= 15 is 0 Å². The van der Waals surface area contributed by atoms with E-state index in [0.717, 1.165) is 46.2 Å². The van der Waals surface area contributed by atoms with Crippen LogP contribution in [0.4, 0.5) is 5.82 Å². The van der Waals surface area contributed by atoms with Gasteiger partial charge in [0.2, 0.25) is 0 Å². The molecule has 0 bridgehead atoms. The summed E-state index contributed by atoms with van der Waals surface area (Å²) in [6, 6.07) is 17.5. The molecule has 24 heavy (non-hydrogen) atoms. The van der Waals surface area contributed by atoms with Crippen molar-refractivity contribution in [3.63, 3.8) is 0 Å². The van der Waals surface area contributed by atoms with Crippen molar-refractivity contribution in [3.05, 3.63) is 65.0 Å². The number of anilines is 1. The fourth-order valence-electron chi connectivity index (χ4n) is 2.45. The van der Waals surface area contributed by atoms with E-state index in [2.05, 4.69) is 36.5 Å². The number of nitrogens with one attached hydrogen (secondary N) is 1. The maximum Gasteiger partial charge on any atom is 0.185 e. The van der Waals surface area contributed by atoms with Crippen molar-refractivity contribution in [1.29, 1.82) is 0 Å². The summed E-state index contributed by atoms with van der Waals surface area (Å²) in [7, 11) is 0. The number of halogens is 1. The minimum absolute atomic E-state index is 0.717. The average Bonchev–Trinajstić information content (AvgIpc) is 3.21. The first kappa shape index (κ1) is 14.9. The van der Waals surface area contributed by atoms with Gasteiger partial charge in [-0.15, -0.1) is 15.3 Å². The first-order valence-electron chi connectivity index (χ1n) is 7.55. The van der Waals surface area contributed by atoms with Crippen LogP contribution in [0.5, 0.6) is 0 Å². The van der Waals surface area contributed by atoms with Crippen LogP contribution in [0.25, 0.3) is 17.0 Å². The summed E-state index contributed by atoms with van der Waals surface area (Å²) in [5, 5.41) is 16.3. The van der Waals surface area contributed by atoms with Crippen LogP contribution in [0.15, 0.2) is 63.7 Å². The van der Waals surface area contributed by atoms with Crippen molar-refractivity contribution < 1.29 is 4.42 Å². The van der Waals surface area contributed by atoms with Crippen LogP contribution in [0, 0.1) is 0 Å². The molecular formula is C17H14BrN5O. The molecule has 0 radical (unpaired) electrons. The lowest BCUT2D eigenvalue weighted by Gasteiger charge is -2.05. The Morgan fingerprint density at radius 2 is 1.88 bits per heavy atom. The summed E-state index contributed by atoms with van der Waals surface area (Å²) in [4.78, 5) is 0. The Hall–Kier alpha value is -2.67. The monoisotopic (exact) mass is 383 g/mol. The molecule has 1 aromatic carbocycles. The van der Waals surface area contributed by atoms with Gasteiger partial charge in [-0.05, 0) is 40.2 Å². The van der Waals surface area contributed by atoms with Crippen molar-refractivity contribution in [1.82, 2.24) is 19.8 Å². The van der Waals surface area contributed by atoms with Gasteiger partial charge in [0.25, 0.3) is 0 Å². The van der Waals surface area contributed by atoms with Gasteiger partial charge in [-0.25, -0.2) is 0 Å². The molecule has 0 saturated carbocycles. The molecule has 7 heteroatoms. The van der Waals surface area contributed by atoms with E-state index in [1.165, 1.54) is 0 Å². The number of nitrogens with zero attached hydrogens (tertiary/aromatic N) is 4. The Kier molecular flexibility index (Phi) is 4.00. The molecule has 1 N–H and O–H groups in total. The average molecular weight is 384 g/mol. The summed E-state index contributed by atoms with van der Waals surface area (Å²) in [6.45, 7) is 0.723. The Labute approximate surface area is 146 Å². The molecule has 0 fully saturated rings. The molecule has 3 heterocycles.